The summed E-state index contributed by atoms with van der Waals surface area (Å²) >= 11 is 1.62. The van der Waals surface area contributed by atoms with E-state index in [0.29, 0.717) is 5.82 Å². The largest absolute Gasteiger partial charge is 0.456 e. The van der Waals surface area contributed by atoms with E-state index in [2.05, 4.69) is 161 Å². The molecule has 5 aromatic heterocycles. The van der Waals surface area contributed by atoms with Gasteiger partial charge in [-0.25, -0.2) is 4.98 Å². The lowest BCUT2D eigenvalue weighted by Crippen LogP contribution is -2.12. The van der Waals surface area contributed by atoms with E-state index in [1.54, 1.807) is 11.3 Å². The number of para-hydroxylation sites is 2. The second-order valence-corrected chi connectivity index (χ2v) is 16.3. The molecule has 61 heavy (non-hydrogen) atoms. The first-order chi connectivity index (χ1) is 30.2. The number of hydrogen-bond donors (Lipinski definition) is 0. The summed E-state index contributed by atoms with van der Waals surface area (Å²) in [6, 6.07) is 65.2. The highest BCUT2D eigenvalue weighted by molar-refractivity contribution is 7.25. The van der Waals surface area contributed by atoms with Gasteiger partial charge in [0, 0.05) is 55.9 Å². The molecular weight excluding hydrogens is 771 g/mol. The fourth-order valence-electron chi connectivity index (χ4n) is 8.96. The van der Waals surface area contributed by atoms with Crippen LogP contribution in [-0.4, -0.2) is 15.2 Å². The minimum Gasteiger partial charge on any atom is -0.456 e. The van der Waals surface area contributed by atoms with Gasteiger partial charge in [-0.2, -0.15) is 0 Å². The zero-order valence-corrected chi connectivity index (χ0v) is 33.2. The number of hydrogen-bond acceptors (Lipinski definition) is 8. The molecule has 0 amide bonds. The number of thiophene rings is 1. The lowest BCUT2D eigenvalue weighted by Gasteiger charge is -2.25. The van der Waals surface area contributed by atoms with Gasteiger partial charge in [0.05, 0.1) is 27.4 Å². The normalized spacial score (nSPS) is 11.9. The summed E-state index contributed by atoms with van der Waals surface area (Å²) in [5, 5.41) is 19.7. The summed E-state index contributed by atoms with van der Waals surface area (Å²) in [6.45, 7) is 0. The molecule has 5 heterocycles. The number of benzene rings is 8. The monoisotopic (exact) mass is 801 g/mol. The summed E-state index contributed by atoms with van der Waals surface area (Å²) in [4.78, 5) is 10.7. The third kappa shape index (κ3) is 5.32. The highest BCUT2D eigenvalue weighted by Gasteiger charge is 2.23. The molecule has 0 atom stereocenters. The molecule has 0 spiro atoms. The Morgan fingerprint density at radius 1 is 0.377 bits per heavy atom. The van der Waals surface area contributed by atoms with Crippen molar-refractivity contribution in [2.24, 2.45) is 0 Å². The van der Waals surface area contributed by atoms with Crippen molar-refractivity contribution in [2.75, 3.05) is 9.80 Å². The lowest BCUT2D eigenvalue weighted by molar-refractivity contribution is 0.668. The van der Waals surface area contributed by atoms with Crippen molar-refractivity contribution in [1.82, 2.24) is 15.2 Å². The van der Waals surface area contributed by atoms with Crippen LogP contribution in [-0.2, 0) is 0 Å². The second kappa shape index (κ2) is 13.2. The molecule has 0 fully saturated rings. The number of aromatic nitrogens is 3. The molecule has 7 nitrogen and oxygen atoms in total. The van der Waals surface area contributed by atoms with Crippen LogP contribution in [0.1, 0.15) is 0 Å². The maximum absolute atomic E-state index is 6.40. The average Bonchev–Trinajstić information content (AvgIpc) is 3.99. The quantitative estimate of drug-likeness (QED) is 0.166. The molecule has 0 N–H and O–H groups in total. The van der Waals surface area contributed by atoms with Gasteiger partial charge in [0.25, 0.3) is 0 Å². The van der Waals surface area contributed by atoms with Crippen molar-refractivity contribution in [2.45, 2.75) is 0 Å². The van der Waals surface area contributed by atoms with Gasteiger partial charge in [-0.1, -0.05) is 109 Å². The molecule has 0 saturated carbocycles. The topological polar surface area (TPSA) is 71.4 Å². The average molecular weight is 802 g/mol. The molecule has 8 aromatic carbocycles. The Labute approximate surface area is 351 Å². The van der Waals surface area contributed by atoms with Gasteiger partial charge in [-0.15, -0.1) is 21.5 Å². The molecule has 0 radical (unpaired) electrons. The van der Waals surface area contributed by atoms with Gasteiger partial charge in [0.2, 0.25) is 0 Å². The SMILES string of the molecule is c1ccc2c(N(c3ccc4c(c3)oc3ccccc34)c3cc4sc5nc(N(c6ccc7c(c6)oc6ccccc67)c6cccc7ccccc67)ccc5c4nn3)cccc2c1. The van der Waals surface area contributed by atoms with Crippen LogP contribution in [0.25, 0.3) is 85.9 Å². The second-order valence-electron chi connectivity index (χ2n) is 15.3. The Kier molecular flexibility index (Phi) is 7.34. The molecule has 0 aliphatic carbocycles. The van der Waals surface area contributed by atoms with Crippen LogP contribution in [0.5, 0.6) is 0 Å². The summed E-state index contributed by atoms with van der Waals surface area (Å²) in [5.74, 6) is 1.48. The predicted molar refractivity (Wildman–Crippen MR) is 252 cm³/mol. The van der Waals surface area contributed by atoms with Gasteiger partial charge in [-0.3, -0.25) is 9.80 Å². The van der Waals surface area contributed by atoms with Crippen molar-refractivity contribution in [1.29, 1.82) is 0 Å². The Bertz CT molecular complexity index is 3620. The zero-order valence-electron chi connectivity index (χ0n) is 32.4. The number of rotatable bonds is 6. The van der Waals surface area contributed by atoms with E-state index in [0.717, 1.165) is 114 Å². The van der Waals surface area contributed by atoms with E-state index in [-0.39, 0.29) is 0 Å². The van der Waals surface area contributed by atoms with Gasteiger partial charge >= 0.3 is 0 Å². The molecule has 286 valence electrons. The van der Waals surface area contributed by atoms with Crippen molar-refractivity contribution >= 4 is 132 Å². The maximum atomic E-state index is 6.40. The summed E-state index contributed by atoms with van der Waals surface area (Å²) < 4.78 is 13.8. The molecular formula is C53H31N5O2S. The van der Waals surface area contributed by atoms with E-state index in [4.69, 9.17) is 24.0 Å². The zero-order chi connectivity index (χ0) is 40.0. The molecule has 0 aliphatic heterocycles. The highest BCUT2D eigenvalue weighted by atomic mass is 32.1. The van der Waals surface area contributed by atoms with E-state index in [9.17, 15) is 0 Å². The standard InChI is InChI=1S/C53H31N5O2S/c1-3-15-36-32(11-1)13-9-19-43(36)57(34-23-25-40-38-17-5-7-21-45(38)59-47(40)29-34)50-28-27-42-52-49(61-53(42)54-50)31-51(55-56-52)58(44-20-10-14-33-12-2-4-16-37(33)44)35-24-26-41-39-18-6-8-22-46(39)60-48(41)30-35/h1-31H. The Hall–Kier alpha value is -8.07. The number of pyridine rings is 1. The fourth-order valence-corrected chi connectivity index (χ4v) is 9.99. The van der Waals surface area contributed by atoms with Crippen LogP contribution in [0.2, 0.25) is 0 Å². The van der Waals surface area contributed by atoms with E-state index in [1.165, 1.54) is 0 Å². The van der Waals surface area contributed by atoms with Crippen molar-refractivity contribution in [3.63, 3.8) is 0 Å². The van der Waals surface area contributed by atoms with Crippen LogP contribution < -0.4 is 9.80 Å². The number of anilines is 6. The summed E-state index contributed by atoms with van der Waals surface area (Å²) in [6.07, 6.45) is 0. The third-order valence-electron chi connectivity index (χ3n) is 11.8. The Morgan fingerprint density at radius 3 is 1.48 bits per heavy atom. The molecule has 0 bridgehead atoms. The Balaban J connectivity index is 0.981. The van der Waals surface area contributed by atoms with E-state index in [1.807, 2.05) is 36.4 Å². The van der Waals surface area contributed by atoms with Crippen molar-refractivity contribution in [3.8, 4) is 0 Å². The van der Waals surface area contributed by atoms with Crippen LogP contribution in [0, 0.1) is 0 Å². The third-order valence-corrected chi connectivity index (χ3v) is 12.8. The van der Waals surface area contributed by atoms with Gasteiger partial charge < -0.3 is 8.83 Å². The molecule has 0 saturated heterocycles. The van der Waals surface area contributed by atoms with Crippen LogP contribution in [0.15, 0.2) is 197 Å². The molecule has 0 aliphatic rings. The van der Waals surface area contributed by atoms with Crippen molar-refractivity contribution in [3.05, 3.63) is 188 Å². The molecule has 8 heteroatoms. The molecule has 13 rings (SSSR count). The number of fused-ring (bicyclic) bond motifs is 11. The first-order valence-corrected chi connectivity index (χ1v) is 21.0. The van der Waals surface area contributed by atoms with E-state index >= 15 is 0 Å². The molecule has 13 aromatic rings. The molecule has 0 unspecified atom stereocenters. The number of nitrogens with zero attached hydrogens (tertiary/aromatic N) is 5. The van der Waals surface area contributed by atoms with Gasteiger partial charge in [0.1, 0.15) is 38.5 Å². The van der Waals surface area contributed by atoms with Gasteiger partial charge in [0.15, 0.2) is 5.82 Å². The first-order valence-electron chi connectivity index (χ1n) is 20.2. The highest BCUT2D eigenvalue weighted by Crippen LogP contribution is 2.45. The predicted octanol–water partition coefficient (Wildman–Crippen LogP) is 15.3. The first kappa shape index (κ1) is 33.9. The minimum absolute atomic E-state index is 0.697. The fraction of sp³-hybridized carbons (Fsp3) is 0. The lowest BCUT2D eigenvalue weighted by atomic mass is 10.1. The smallest absolute Gasteiger partial charge is 0.161 e. The number of furan rings is 2. The minimum atomic E-state index is 0.697. The summed E-state index contributed by atoms with van der Waals surface area (Å²) in [5.41, 5.74) is 8.07. The van der Waals surface area contributed by atoms with E-state index < -0.39 is 0 Å². The maximum Gasteiger partial charge on any atom is 0.161 e. The Morgan fingerprint density at radius 2 is 0.869 bits per heavy atom. The van der Waals surface area contributed by atoms with Crippen LogP contribution in [0.4, 0.5) is 34.4 Å². The van der Waals surface area contributed by atoms with Gasteiger partial charge in [-0.05, 0) is 71.4 Å². The van der Waals surface area contributed by atoms with Crippen LogP contribution in [0.3, 0.4) is 0 Å². The summed E-state index contributed by atoms with van der Waals surface area (Å²) in [7, 11) is 0. The van der Waals surface area contributed by atoms with Crippen molar-refractivity contribution < 1.29 is 8.83 Å². The van der Waals surface area contributed by atoms with Crippen LogP contribution >= 0.6 is 11.3 Å².